The van der Waals surface area contributed by atoms with Crippen molar-refractivity contribution in [3.05, 3.63) is 209 Å². The van der Waals surface area contributed by atoms with Crippen LogP contribution in [-0.4, -0.2) is 143 Å². The second kappa shape index (κ2) is 33.1. The molecular formula is C78H69F16N13O9S3. The Hall–Kier alpha value is -10.1. The summed E-state index contributed by atoms with van der Waals surface area (Å²) in [5.41, 5.74) is -0.422. The molecule has 16 rings (SSSR count). The van der Waals surface area contributed by atoms with E-state index in [4.69, 9.17) is 0 Å². The fourth-order valence-electron chi connectivity index (χ4n) is 15.1. The molecule has 7 fully saturated rings. The van der Waals surface area contributed by atoms with E-state index < -0.39 is 150 Å². The summed E-state index contributed by atoms with van der Waals surface area (Å²) in [7, 11) is -12.2. The lowest BCUT2D eigenvalue weighted by Gasteiger charge is -2.26. The lowest BCUT2D eigenvalue weighted by molar-refractivity contribution is -0.145. The standard InChI is InChI=1S/C27H26F3N5O3S.C25H19F7N4O3S.C25H20F6N4O3S.CH4/c1-27(29,30)26-31-12-17(13-32-26)22-11-19(33-25(34-22)15-2-3-15)6-9-23(36)24-21-10-16(21)14-35(24)39(37,38)20-7-4-18(28)5-8-20;26-16-2-4-17(5-3-16)40(38,39)36-12-14-7-18(14)22(36)21(37)6-1-13-8-20(33-11-19(13)24(27,28)29)15-9-34-23(35-10-15)25(30,31)32;26-16-2-4-17(5-3-16)39(37,38)35-12-14-7-18(14)22(35)21(36)6-1-13-8-20(32-11-19(13)23(27)28)15-9-33-24(34-10-15)25(29,30)31;/h4-5,7-8,11-13,15-16,21,24H,2-3,6,9-10,14H2,1H3;2-5,8-11,14,18,22H,1,6-7,12H2;2-5,8-11,14,18,22-23H,1,6-7,12H2;1H4/t16-,21-,24-;2*14-,18-,22-;/m000./s1. The fourth-order valence-corrected chi connectivity index (χ4v) is 20.2. The van der Waals surface area contributed by atoms with Crippen LogP contribution in [-0.2, 0) is 88.2 Å². The predicted molar refractivity (Wildman–Crippen MR) is 389 cm³/mol. The van der Waals surface area contributed by atoms with E-state index in [1.807, 2.05) is 0 Å². The van der Waals surface area contributed by atoms with Gasteiger partial charge in [-0.25, -0.2) is 87.1 Å². The maximum atomic E-state index is 13.7. The van der Waals surface area contributed by atoms with Crippen LogP contribution < -0.4 is 0 Å². The molecule has 4 aliphatic carbocycles. The maximum absolute atomic E-state index is 13.7. The third kappa shape index (κ3) is 19.1. The monoisotopic (exact) mass is 1730 g/mol. The van der Waals surface area contributed by atoms with Crippen molar-refractivity contribution in [1.82, 2.24) is 62.8 Å². The Morgan fingerprint density at radius 1 is 0.429 bits per heavy atom. The zero-order valence-corrected chi connectivity index (χ0v) is 63.7. The predicted octanol–water partition coefficient (Wildman–Crippen LogP) is 14.7. The van der Waals surface area contributed by atoms with E-state index in [2.05, 4.69) is 49.8 Å². The number of aromatic nitrogens is 10. The number of rotatable bonds is 24. The number of alkyl halides is 13. The van der Waals surface area contributed by atoms with E-state index in [1.165, 1.54) is 34.9 Å². The van der Waals surface area contributed by atoms with Gasteiger partial charge in [0.25, 0.3) is 6.43 Å². The van der Waals surface area contributed by atoms with Crippen LogP contribution in [0.25, 0.3) is 33.8 Å². The topological polar surface area (TPSA) is 292 Å². The molecule has 3 aromatic carbocycles. The van der Waals surface area contributed by atoms with Crippen molar-refractivity contribution in [2.75, 3.05) is 19.6 Å². The number of benzene rings is 3. The molecule has 7 aliphatic rings. The Bertz CT molecular complexity index is 5670. The first-order valence-corrected chi connectivity index (χ1v) is 41.0. The van der Waals surface area contributed by atoms with Gasteiger partial charge in [0.2, 0.25) is 41.7 Å². The van der Waals surface area contributed by atoms with Gasteiger partial charge in [0.15, 0.2) is 23.2 Å². The highest BCUT2D eigenvalue weighted by Crippen LogP contribution is 2.55. The number of Topliss-reactive ketones (excluding diaryl/α,β-unsaturated/α-hetero) is 3. The SMILES string of the molecule is C.CC(F)(F)c1ncc(-c2cc(CCC(=O)[C@@H]3[C@H]4C[C@H]4CN3S(=O)(=O)c3ccc(F)cc3)nc(C3CC3)n2)cn1.O=C(CCc1cc(-c2cnc(C(F)(F)F)nc2)ncc1C(F)(F)F)[C@@H]1[C@H]2C[C@H]2CN1S(=O)(=O)c1ccc(F)cc1.O=C(CCc1cc(-c2cnc(C(F)(F)F)nc2)ncc1C(F)F)[C@@H]1[C@H]2C[C@H]2CN1S(=O)(=O)c1ccc(F)cc1. The number of sulfonamides is 3. The zero-order valence-electron chi connectivity index (χ0n) is 61.3. The van der Waals surface area contributed by atoms with Gasteiger partial charge in [-0.1, -0.05) is 7.43 Å². The Balaban J connectivity index is 0.000000154. The quantitative estimate of drug-likeness (QED) is 0.0508. The third-order valence-electron chi connectivity index (χ3n) is 21.5. The van der Waals surface area contributed by atoms with Crippen molar-refractivity contribution in [1.29, 1.82) is 0 Å². The Morgan fingerprint density at radius 3 is 1.13 bits per heavy atom. The van der Waals surface area contributed by atoms with Gasteiger partial charge in [0.05, 0.1) is 55.5 Å². The summed E-state index contributed by atoms with van der Waals surface area (Å²) >= 11 is 0. The summed E-state index contributed by atoms with van der Waals surface area (Å²) in [4.78, 5) is 76.8. The molecule has 22 nitrogen and oxygen atoms in total. The van der Waals surface area contributed by atoms with E-state index in [-0.39, 0.29) is 148 Å². The van der Waals surface area contributed by atoms with Crippen LogP contribution in [0.3, 0.4) is 0 Å². The largest absolute Gasteiger partial charge is 0.451 e. The molecule has 3 saturated heterocycles. The zero-order chi connectivity index (χ0) is 84.7. The number of pyridine rings is 2. The van der Waals surface area contributed by atoms with Gasteiger partial charge >= 0.3 is 24.5 Å². The molecule has 0 radical (unpaired) electrons. The van der Waals surface area contributed by atoms with Gasteiger partial charge in [-0.15, -0.1) is 0 Å². The van der Waals surface area contributed by atoms with Crippen molar-refractivity contribution in [3.63, 3.8) is 0 Å². The average Bonchev–Trinajstić information content (AvgIpc) is 1.58. The molecular weight excluding hydrogens is 1660 g/mol. The number of halogens is 16. The number of ketones is 3. The van der Waals surface area contributed by atoms with Crippen LogP contribution in [0.4, 0.5) is 70.2 Å². The first-order valence-electron chi connectivity index (χ1n) is 36.6. The molecule has 9 atom stereocenters. The van der Waals surface area contributed by atoms with Crippen LogP contribution in [0, 0.1) is 53.0 Å². The van der Waals surface area contributed by atoms with E-state index in [9.17, 15) is 110 Å². The number of piperidine rings is 3. The molecule has 0 amide bonds. The lowest BCUT2D eigenvalue weighted by atomic mass is 9.97. The van der Waals surface area contributed by atoms with E-state index in [1.54, 1.807) is 6.07 Å². The number of nitrogens with zero attached hydrogens (tertiary/aromatic N) is 13. The molecule has 630 valence electrons. The Morgan fingerprint density at radius 2 is 0.773 bits per heavy atom. The van der Waals surface area contributed by atoms with Gasteiger partial charge in [-0.2, -0.15) is 61.2 Å². The second-order valence-corrected chi connectivity index (χ2v) is 35.4. The molecule has 41 heteroatoms. The molecule has 9 heterocycles. The summed E-state index contributed by atoms with van der Waals surface area (Å²) in [6, 6.07) is 14.1. The molecule has 9 aromatic rings. The Labute approximate surface area is 669 Å². The number of hydrogen-bond acceptors (Lipinski definition) is 19. The van der Waals surface area contributed by atoms with Crippen LogP contribution in [0.15, 0.2) is 155 Å². The Kier molecular flexibility index (Phi) is 24.2. The van der Waals surface area contributed by atoms with Gasteiger partial charge < -0.3 is 0 Å². The van der Waals surface area contributed by atoms with Crippen LogP contribution in [0.1, 0.15) is 129 Å². The number of fused-ring (bicyclic) bond motifs is 3. The van der Waals surface area contributed by atoms with Gasteiger partial charge in [-0.05, 0) is 189 Å². The average molecular weight is 1730 g/mol. The van der Waals surface area contributed by atoms with Gasteiger partial charge in [0.1, 0.15) is 23.3 Å². The van der Waals surface area contributed by atoms with Crippen LogP contribution in [0.2, 0.25) is 0 Å². The van der Waals surface area contributed by atoms with Gasteiger partial charge in [0, 0.05) is 129 Å². The van der Waals surface area contributed by atoms with Crippen molar-refractivity contribution in [2.45, 2.75) is 155 Å². The maximum Gasteiger partial charge on any atom is 0.451 e. The minimum absolute atomic E-state index is 0. The van der Waals surface area contributed by atoms with Crippen molar-refractivity contribution in [3.8, 4) is 33.8 Å². The number of hydrogen-bond donors (Lipinski definition) is 0. The fraction of sp³-hybridized carbons (Fsp3) is 0.397. The summed E-state index contributed by atoms with van der Waals surface area (Å²) in [6.45, 7) is 1.21. The minimum Gasteiger partial charge on any atom is -0.298 e. The highest BCUT2D eigenvalue weighted by atomic mass is 32.2. The van der Waals surface area contributed by atoms with Crippen molar-refractivity contribution < 1.29 is 110 Å². The molecule has 0 unspecified atom stereocenters. The highest BCUT2D eigenvalue weighted by Gasteiger charge is 2.61. The molecule has 3 aliphatic heterocycles. The molecule has 4 saturated carbocycles. The first kappa shape index (κ1) is 86.7. The molecule has 119 heavy (non-hydrogen) atoms. The van der Waals surface area contributed by atoms with Crippen molar-refractivity contribution in [2.24, 2.45) is 35.5 Å². The second-order valence-electron chi connectivity index (χ2n) is 29.7. The van der Waals surface area contributed by atoms with E-state index >= 15 is 0 Å². The normalized spacial score (nSPS) is 21.7. The smallest absolute Gasteiger partial charge is 0.298 e. The van der Waals surface area contributed by atoms with E-state index in [0.29, 0.717) is 41.8 Å². The summed E-state index contributed by atoms with van der Waals surface area (Å²) in [6.07, 6.45) is -6.97. The summed E-state index contributed by atoms with van der Waals surface area (Å²) in [5.74, 6) is -9.02. The number of carbonyl (C=O) groups is 3. The minimum atomic E-state index is -4.84. The highest BCUT2D eigenvalue weighted by molar-refractivity contribution is 7.89. The summed E-state index contributed by atoms with van der Waals surface area (Å²) in [5, 5.41) is 0. The summed E-state index contributed by atoms with van der Waals surface area (Å²) < 4.78 is 295. The van der Waals surface area contributed by atoms with Crippen molar-refractivity contribution >= 4 is 47.4 Å². The third-order valence-corrected chi connectivity index (χ3v) is 27.1. The molecule has 0 N–H and O–H groups in total. The first-order chi connectivity index (χ1) is 55.5. The molecule has 6 aromatic heterocycles. The molecule has 0 spiro atoms. The van der Waals surface area contributed by atoms with Crippen LogP contribution in [0.5, 0.6) is 0 Å². The lowest BCUT2D eigenvalue weighted by Crippen LogP contribution is -2.43. The van der Waals surface area contributed by atoms with Gasteiger partial charge in [-0.3, -0.25) is 24.4 Å². The molecule has 0 bridgehead atoms. The van der Waals surface area contributed by atoms with E-state index in [0.717, 1.165) is 133 Å². The number of aryl methyl sites for hydroxylation is 3. The number of carbonyl (C=O) groups excluding carboxylic acids is 3. The van der Waals surface area contributed by atoms with Crippen LogP contribution >= 0.6 is 0 Å².